The van der Waals surface area contributed by atoms with Crippen LogP contribution >= 0.6 is 0 Å². The highest BCUT2D eigenvalue weighted by Crippen LogP contribution is 2.40. The van der Waals surface area contributed by atoms with Gasteiger partial charge in [-0.2, -0.15) is 5.10 Å². The van der Waals surface area contributed by atoms with E-state index in [1.165, 1.54) is 13.8 Å². The molecular formula is C15H26N4O3. The molecule has 0 aliphatic carbocycles. The number of aromatic nitrogens is 2. The summed E-state index contributed by atoms with van der Waals surface area (Å²) in [5.74, 6) is 0.615. The lowest BCUT2D eigenvalue weighted by atomic mass is 10.0. The first kappa shape index (κ1) is 18.0. The highest BCUT2D eigenvalue weighted by molar-refractivity contribution is 5.72. The normalized spacial score (nSPS) is 15.7. The van der Waals surface area contributed by atoms with Gasteiger partial charge in [0.2, 0.25) is 0 Å². The number of amides is 1. The van der Waals surface area contributed by atoms with Crippen LogP contribution in [0.4, 0.5) is 10.6 Å². The van der Waals surface area contributed by atoms with E-state index in [0.29, 0.717) is 12.4 Å². The fourth-order valence-electron chi connectivity index (χ4n) is 2.15. The minimum atomic E-state index is -0.507. The Morgan fingerprint density at radius 3 is 2.23 bits per heavy atom. The molecule has 0 spiro atoms. The molecule has 0 saturated carbocycles. The van der Waals surface area contributed by atoms with Crippen LogP contribution in [0.25, 0.3) is 0 Å². The van der Waals surface area contributed by atoms with Gasteiger partial charge in [-0.25, -0.2) is 4.79 Å². The predicted molar refractivity (Wildman–Crippen MR) is 84.2 cm³/mol. The molecule has 0 unspecified atom stereocenters. The number of nitrogens with zero attached hydrogens (tertiary/aromatic N) is 2. The third kappa shape index (κ3) is 3.99. The van der Waals surface area contributed by atoms with Crippen molar-refractivity contribution in [1.29, 1.82) is 0 Å². The summed E-state index contributed by atoms with van der Waals surface area (Å²) in [6, 6.07) is 0. The lowest BCUT2D eigenvalue weighted by Crippen LogP contribution is -2.43. The molecule has 7 nitrogen and oxygen atoms in total. The lowest BCUT2D eigenvalue weighted by molar-refractivity contribution is -0.115. The number of carbonyl (C=O) groups excluding carboxylic acids is 2. The van der Waals surface area contributed by atoms with Crippen molar-refractivity contribution in [2.75, 3.05) is 5.73 Å². The first-order valence-corrected chi connectivity index (χ1v) is 7.17. The Labute approximate surface area is 131 Å². The van der Waals surface area contributed by atoms with Crippen molar-refractivity contribution in [3.63, 3.8) is 0 Å². The van der Waals surface area contributed by atoms with Gasteiger partial charge in [0.25, 0.3) is 0 Å². The number of anilines is 1. The van der Waals surface area contributed by atoms with E-state index in [1.807, 2.05) is 34.6 Å². The molecule has 1 amide bonds. The highest BCUT2D eigenvalue weighted by atomic mass is 16.6. The van der Waals surface area contributed by atoms with Crippen molar-refractivity contribution in [3.05, 3.63) is 11.3 Å². The predicted octanol–water partition coefficient (Wildman–Crippen LogP) is 2.57. The molecule has 1 aliphatic heterocycles. The van der Waals surface area contributed by atoms with Crippen LogP contribution in [0.3, 0.4) is 0 Å². The van der Waals surface area contributed by atoms with Crippen LogP contribution in [-0.4, -0.2) is 32.6 Å². The van der Waals surface area contributed by atoms with E-state index in [4.69, 9.17) is 10.5 Å². The Balaban J connectivity index is 0.000000541. The molecule has 22 heavy (non-hydrogen) atoms. The van der Waals surface area contributed by atoms with Gasteiger partial charge in [0, 0.05) is 5.56 Å². The van der Waals surface area contributed by atoms with Gasteiger partial charge < -0.3 is 15.3 Å². The molecule has 1 aliphatic rings. The Morgan fingerprint density at radius 1 is 1.32 bits per heavy atom. The fourth-order valence-corrected chi connectivity index (χ4v) is 2.15. The number of nitrogens with one attached hydrogen (secondary N) is 1. The number of fused-ring (bicyclic) bond motifs is 1. The van der Waals surface area contributed by atoms with Crippen LogP contribution in [0.15, 0.2) is 0 Å². The molecule has 0 saturated heterocycles. The molecule has 1 aromatic heterocycles. The van der Waals surface area contributed by atoms with Crippen LogP contribution in [0.5, 0.6) is 0 Å². The number of ketones is 1. The average molecular weight is 310 g/mol. The molecule has 3 N–H and O–H groups in total. The van der Waals surface area contributed by atoms with E-state index in [2.05, 4.69) is 10.2 Å². The first-order chi connectivity index (χ1) is 9.86. The van der Waals surface area contributed by atoms with Crippen LogP contribution in [0.1, 0.15) is 59.7 Å². The standard InChI is InChI=1S/C12H20N4O2.C3H6O/c1-11(2,3)18-10(17)16-6-7-8(12(16,4)5)14-15-9(7)13;1-3(2)4/h6H2,1-5H3,(H3,13,14,15);1-2H3. The van der Waals surface area contributed by atoms with E-state index in [9.17, 15) is 9.59 Å². The van der Waals surface area contributed by atoms with Crippen molar-refractivity contribution in [3.8, 4) is 0 Å². The Hall–Kier alpha value is -2.05. The van der Waals surface area contributed by atoms with E-state index in [0.717, 1.165) is 11.3 Å². The molecule has 2 rings (SSSR count). The van der Waals surface area contributed by atoms with Crippen molar-refractivity contribution in [1.82, 2.24) is 15.1 Å². The molecule has 0 fully saturated rings. The minimum absolute atomic E-state index is 0.167. The summed E-state index contributed by atoms with van der Waals surface area (Å²) in [6.07, 6.45) is -0.337. The molecule has 0 bridgehead atoms. The zero-order valence-electron chi connectivity index (χ0n) is 14.4. The van der Waals surface area contributed by atoms with Gasteiger partial charge in [-0.1, -0.05) is 0 Å². The second-order valence-electron chi connectivity index (χ2n) is 7.00. The summed E-state index contributed by atoms with van der Waals surface area (Å²) in [7, 11) is 0. The second kappa shape index (κ2) is 5.98. The highest BCUT2D eigenvalue weighted by Gasteiger charge is 2.44. The number of hydrogen-bond acceptors (Lipinski definition) is 5. The number of H-pyrrole nitrogens is 1. The SMILES string of the molecule is CC(C)(C)OC(=O)N1Cc2c(N)n[nH]c2C1(C)C.CC(C)=O. The van der Waals surface area contributed by atoms with Gasteiger partial charge in [0.15, 0.2) is 5.82 Å². The Bertz CT molecular complexity index is 566. The summed E-state index contributed by atoms with van der Waals surface area (Å²) in [5.41, 5.74) is 6.55. The quantitative estimate of drug-likeness (QED) is 0.767. The lowest BCUT2D eigenvalue weighted by Gasteiger charge is -2.33. The van der Waals surface area contributed by atoms with Crippen molar-refractivity contribution >= 4 is 17.7 Å². The number of carbonyl (C=O) groups is 2. The molecule has 1 aromatic rings. The minimum Gasteiger partial charge on any atom is -0.444 e. The largest absolute Gasteiger partial charge is 0.444 e. The van der Waals surface area contributed by atoms with Crippen LogP contribution in [-0.2, 0) is 21.6 Å². The molecule has 0 radical (unpaired) electrons. The molecular weight excluding hydrogens is 284 g/mol. The second-order valence-corrected chi connectivity index (χ2v) is 7.00. The van der Waals surface area contributed by atoms with Crippen LogP contribution in [0, 0.1) is 0 Å². The maximum absolute atomic E-state index is 12.2. The van der Waals surface area contributed by atoms with Gasteiger partial charge >= 0.3 is 6.09 Å². The van der Waals surface area contributed by atoms with E-state index >= 15 is 0 Å². The third-order valence-corrected chi connectivity index (χ3v) is 3.12. The number of rotatable bonds is 0. The van der Waals surface area contributed by atoms with Gasteiger partial charge in [-0.15, -0.1) is 0 Å². The molecule has 0 aromatic carbocycles. The molecule has 7 heteroatoms. The topological polar surface area (TPSA) is 101 Å². The van der Waals surface area contributed by atoms with E-state index < -0.39 is 11.1 Å². The van der Waals surface area contributed by atoms with Crippen molar-refractivity contribution in [2.24, 2.45) is 0 Å². The monoisotopic (exact) mass is 310 g/mol. The first-order valence-electron chi connectivity index (χ1n) is 7.17. The Morgan fingerprint density at radius 2 is 1.82 bits per heavy atom. The number of nitrogen functional groups attached to an aromatic ring is 1. The summed E-state index contributed by atoms with van der Waals surface area (Å²) in [6.45, 7) is 12.9. The smallest absolute Gasteiger partial charge is 0.411 e. The number of nitrogens with two attached hydrogens (primary N) is 1. The number of Topliss-reactive ketones (excluding diaryl/α,β-unsaturated/α-hetero) is 1. The third-order valence-electron chi connectivity index (χ3n) is 3.12. The zero-order chi connectivity index (χ0) is 17.3. The van der Waals surface area contributed by atoms with Gasteiger partial charge in [0.1, 0.15) is 11.4 Å². The average Bonchev–Trinajstić information content (AvgIpc) is 2.75. The van der Waals surface area contributed by atoms with Gasteiger partial charge in [0.05, 0.1) is 17.8 Å². The summed E-state index contributed by atoms with van der Waals surface area (Å²) in [4.78, 5) is 23.3. The molecule has 124 valence electrons. The number of hydrogen-bond donors (Lipinski definition) is 2. The maximum Gasteiger partial charge on any atom is 0.411 e. The zero-order valence-corrected chi connectivity index (χ0v) is 14.4. The van der Waals surface area contributed by atoms with E-state index in [1.54, 1.807) is 4.90 Å². The fraction of sp³-hybridized carbons (Fsp3) is 0.667. The summed E-state index contributed by atoms with van der Waals surface area (Å²) >= 11 is 0. The maximum atomic E-state index is 12.2. The summed E-state index contributed by atoms with van der Waals surface area (Å²) in [5, 5.41) is 6.88. The summed E-state index contributed by atoms with van der Waals surface area (Å²) < 4.78 is 5.41. The number of ether oxygens (including phenoxy) is 1. The van der Waals surface area contributed by atoms with Crippen LogP contribution < -0.4 is 5.73 Å². The van der Waals surface area contributed by atoms with Crippen molar-refractivity contribution < 1.29 is 14.3 Å². The molecule has 0 atom stereocenters. The Kier molecular flexibility index (Phi) is 4.89. The van der Waals surface area contributed by atoms with Crippen LogP contribution in [0.2, 0.25) is 0 Å². The van der Waals surface area contributed by atoms with Crippen molar-refractivity contribution in [2.45, 2.75) is 66.2 Å². The van der Waals surface area contributed by atoms with Gasteiger partial charge in [-0.05, 0) is 48.5 Å². The van der Waals surface area contributed by atoms with E-state index in [-0.39, 0.29) is 11.9 Å². The van der Waals surface area contributed by atoms with Gasteiger partial charge in [-0.3, -0.25) is 10.00 Å². The number of aromatic amines is 1. The molecule has 2 heterocycles.